The predicted octanol–water partition coefficient (Wildman–Crippen LogP) is 3.72. The molecule has 0 radical (unpaired) electrons. The fourth-order valence-corrected chi connectivity index (χ4v) is 3.46. The van der Waals surface area contributed by atoms with Gasteiger partial charge in [-0.05, 0) is 75.0 Å². The average Bonchev–Trinajstić information content (AvgIpc) is 3.32. The quantitative estimate of drug-likeness (QED) is 0.825. The zero-order valence-electron chi connectivity index (χ0n) is 13.3. The lowest BCUT2D eigenvalue weighted by Gasteiger charge is -2.27. The molecule has 1 heterocycles. The van der Waals surface area contributed by atoms with Gasteiger partial charge in [-0.1, -0.05) is 24.3 Å². The zero-order valence-corrected chi connectivity index (χ0v) is 13.3. The first-order valence-electron chi connectivity index (χ1n) is 8.67. The largest absolute Gasteiger partial charge is 0.381 e. The van der Waals surface area contributed by atoms with Crippen LogP contribution in [0, 0.1) is 18.8 Å². The normalized spacial score (nSPS) is 21.4. The molecule has 3 rings (SSSR count). The summed E-state index contributed by atoms with van der Waals surface area (Å²) in [6.07, 6.45) is 7.87. The Balaban J connectivity index is 1.58. The second-order valence-electron chi connectivity index (χ2n) is 6.97. The average molecular weight is 287 g/mol. The second kappa shape index (κ2) is 7.42. The lowest BCUT2D eigenvalue weighted by atomic mass is 9.84. The van der Waals surface area contributed by atoms with Gasteiger partial charge in [0, 0.05) is 19.3 Å². The summed E-state index contributed by atoms with van der Waals surface area (Å²) in [5.74, 6) is 1.64. The molecule has 2 aliphatic rings. The van der Waals surface area contributed by atoms with E-state index < -0.39 is 0 Å². The lowest BCUT2D eigenvalue weighted by molar-refractivity contribution is 0.0584. The van der Waals surface area contributed by atoms with Crippen molar-refractivity contribution in [2.24, 2.45) is 11.8 Å². The summed E-state index contributed by atoms with van der Waals surface area (Å²) in [4.78, 5) is 0. The molecule has 1 aromatic carbocycles. The number of nitrogens with one attached hydrogen (secondary N) is 1. The maximum absolute atomic E-state index is 5.51. The fourth-order valence-electron chi connectivity index (χ4n) is 3.46. The summed E-state index contributed by atoms with van der Waals surface area (Å²) >= 11 is 0. The molecular formula is C19H29NO. The summed E-state index contributed by atoms with van der Waals surface area (Å²) in [5.41, 5.74) is 2.98. The molecule has 1 atom stereocenters. The third kappa shape index (κ3) is 4.82. The molecule has 1 saturated carbocycles. The van der Waals surface area contributed by atoms with Crippen LogP contribution in [0.4, 0.5) is 0 Å². The summed E-state index contributed by atoms with van der Waals surface area (Å²) in [6.45, 7) is 5.38. The number of aryl methyl sites for hydroxylation is 1. The molecule has 0 aromatic heterocycles. The minimum atomic E-state index is 0.773. The molecule has 1 aliphatic carbocycles. The monoisotopic (exact) mass is 287 g/mol. The highest BCUT2D eigenvalue weighted by atomic mass is 16.5. The van der Waals surface area contributed by atoms with Crippen molar-refractivity contribution in [1.82, 2.24) is 5.32 Å². The third-order valence-corrected chi connectivity index (χ3v) is 5.05. The van der Waals surface area contributed by atoms with Gasteiger partial charge in [0.25, 0.3) is 0 Å². The van der Waals surface area contributed by atoms with Gasteiger partial charge in [-0.25, -0.2) is 0 Å². The van der Waals surface area contributed by atoms with Crippen LogP contribution in [0.5, 0.6) is 0 Å². The molecular weight excluding hydrogens is 258 g/mol. The van der Waals surface area contributed by atoms with Crippen molar-refractivity contribution in [3.63, 3.8) is 0 Å². The fraction of sp³-hybridized carbons (Fsp3) is 0.684. The van der Waals surface area contributed by atoms with E-state index in [0.29, 0.717) is 0 Å². The molecule has 1 unspecified atom stereocenters. The minimum absolute atomic E-state index is 0.773. The van der Waals surface area contributed by atoms with Crippen LogP contribution in [0.25, 0.3) is 0 Å². The molecule has 1 aromatic rings. The van der Waals surface area contributed by atoms with Crippen molar-refractivity contribution < 1.29 is 4.74 Å². The third-order valence-electron chi connectivity index (χ3n) is 5.05. The first kappa shape index (κ1) is 15.1. The standard InChI is InChI=1S/C19H29NO/c1-15-4-2-3-5-18(15)13-17(14-20-19-6-7-19)12-16-8-10-21-11-9-16/h2-5,16-17,19-20H,6-14H2,1H3. The highest BCUT2D eigenvalue weighted by Crippen LogP contribution is 2.27. The van der Waals surface area contributed by atoms with Gasteiger partial charge in [-0.15, -0.1) is 0 Å². The Labute approximate surface area is 129 Å². The topological polar surface area (TPSA) is 21.3 Å². The van der Waals surface area contributed by atoms with Gasteiger partial charge < -0.3 is 10.1 Å². The van der Waals surface area contributed by atoms with E-state index in [1.807, 2.05) is 0 Å². The highest BCUT2D eigenvalue weighted by molar-refractivity contribution is 5.26. The molecule has 1 aliphatic heterocycles. The number of hydrogen-bond donors (Lipinski definition) is 1. The van der Waals surface area contributed by atoms with E-state index in [1.54, 1.807) is 0 Å². The summed E-state index contributed by atoms with van der Waals surface area (Å²) in [5, 5.41) is 3.75. The van der Waals surface area contributed by atoms with Crippen LogP contribution in [0.15, 0.2) is 24.3 Å². The smallest absolute Gasteiger partial charge is 0.0468 e. The molecule has 21 heavy (non-hydrogen) atoms. The van der Waals surface area contributed by atoms with Crippen molar-refractivity contribution in [2.45, 2.75) is 51.5 Å². The van der Waals surface area contributed by atoms with Crippen LogP contribution in [-0.4, -0.2) is 25.8 Å². The zero-order chi connectivity index (χ0) is 14.5. The van der Waals surface area contributed by atoms with Crippen molar-refractivity contribution in [1.29, 1.82) is 0 Å². The van der Waals surface area contributed by atoms with Crippen molar-refractivity contribution in [3.8, 4) is 0 Å². The maximum Gasteiger partial charge on any atom is 0.0468 e. The Kier molecular flexibility index (Phi) is 5.32. The van der Waals surface area contributed by atoms with E-state index >= 15 is 0 Å². The Morgan fingerprint density at radius 2 is 1.90 bits per heavy atom. The van der Waals surface area contributed by atoms with Gasteiger partial charge in [0.05, 0.1) is 0 Å². The number of hydrogen-bond acceptors (Lipinski definition) is 2. The van der Waals surface area contributed by atoms with Gasteiger partial charge in [0.15, 0.2) is 0 Å². The lowest BCUT2D eigenvalue weighted by Crippen LogP contribution is -2.29. The van der Waals surface area contributed by atoms with E-state index in [4.69, 9.17) is 4.74 Å². The number of rotatable bonds is 7. The molecule has 1 saturated heterocycles. The van der Waals surface area contributed by atoms with E-state index in [2.05, 4.69) is 36.5 Å². The van der Waals surface area contributed by atoms with E-state index in [9.17, 15) is 0 Å². The van der Waals surface area contributed by atoms with Gasteiger partial charge in [0.1, 0.15) is 0 Å². The molecule has 116 valence electrons. The molecule has 2 heteroatoms. The van der Waals surface area contributed by atoms with Gasteiger partial charge in [0.2, 0.25) is 0 Å². The highest BCUT2D eigenvalue weighted by Gasteiger charge is 2.24. The van der Waals surface area contributed by atoms with Gasteiger partial charge in [-0.2, -0.15) is 0 Å². The maximum atomic E-state index is 5.51. The van der Waals surface area contributed by atoms with Crippen molar-refractivity contribution >= 4 is 0 Å². The Morgan fingerprint density at radius 1 is 1.14 bits per heavy atom. The van der Waals surface area contributed by atoms with Crippen LogP contribution >= 0.6 is 0 Å². The second-order valence-corrected chi connectivity index (χ2v) is 6.97. The molecule has 1 N–H and O–H groups in total. The van der Waals surface area contributed by atoms with Crippen LogP contribution in [0.1, 0.15) is 43.2 Å². The molecule has 0 amide bonds. The van der Waals surface area contributed by atoms with Crippen molar-refractivity contribution in [2.75, 3.05) is 19.8 Å². The van der Waals surface area contributed by atoms with Gasteiger partial charge >= 0.3 is 0 Å². The van der Waals surface area contributed by atoms with Gasteiger partial charge in [-0.3, -0.25) is 0 Å². The SMILES string of the molecule is Cc1ccccc1CC(CNC1CC1)CC1CCOCC1. The summed E-state index contributed by atoms with van der Waals surface area (Å²) < 4.78 is 5.51. The molecule has 0 bridgehead atoms. The minimum Gasteiger partial charge on any atom is -0.381 e. The van der Waals surface area contributed by atoms with Crippen molar-refractivity contribution in [3.05, 3.63) is 35.4 Å². The first-order chi connectivity index (χ1) is 10.3. The van der Waals surface area contributed by atoms with Crippen LogP contribution < -0.4 is 5.32 Å². The first-order valence-corrected chi connectivity index (χ1v) is 8.67. The summed E-state index contributed by atoms with van der Waals surface area (Å²) in [6, 6.07) is 9.70. The van der Waals surface area contributed by atoms with E-state index in [1.165, 1.54) is 56.2 Å². The molecule has 0 spiro atoms. The molecule has 2 nitrogen and oxygen atoms in total. The summed E-state index contributed by atoms with van der Waals surface area (Å²) in [7, 11) is 0. The molecule has 2 fully saturated rings. The van der Waals surface area contributed by atoms with Crippen LogP contribution in [-0.2, 0) is 11.2 Å². The Bertz CT molecular complexity index is 435. The van der Waals surface area contributed by atoms with Crippen LogP contribution in [0.3, 0.4) is 0 Å². The number of benzene rings is 1. The Hall–Kier alpha value is -0.860. The van der Waals surface area contributed by atoms with E-state index in [-0.39, 0.29) is 0 Å². The van der Waals surface area contributed by atoms with Crippen LogP contribution in [0.2, 0.25) is 0 Å². The predicted molar refractivity (Wildman–Crippen MR) is 87.6 cm³/mol. The van der Waals surface area contributed by atoms with E-state index in [0.717, 1.165) is 31.1 Å². The Morgan fingerprint density at radius 3 is 2.62 bits per heavy atom. The number of ether oxygens (including phenoxy) is 1.